The van der Waals surface area contributed by atoms with Gasteiger partial charge in [0, 0.05) is 13.1 Å². The highest BCUT2D eigenvalue weighted by Crippen LogP contribution is 2.30. The van der Waals surface area contributed by atoms with Crippen LogP contribution in [0.1, 0.15) is 30.9 Å². The van der Waals surface area contributed by atoms with Gasteiger partial charge in [-0.15, -0.1) is 0 Å². The van der Waals surface area contributed by atoms with Crippen molar-refractivity contribution < 1.29 is 19.1 Å². The van der Waals surface area contributed by atoms with Crippen LogP contribution in [-0.2, 0) is 4.79 Å². The van der Waals surface area contributed by atoms with Crippen LogP contribution in [-0.4, -0.2) is 46.5 Å². The topological polar surface area (TPSA) is 74.0 Å². The summed E-state index contributed by atoms with van der Waals surface area (Å²) >= 11 is 0. The van der Waals surface area contributed by atoms with Crippen molar-refractivity contribution in [1.82, 2.24) is 9.80 Å². The molecule has 6 heteroatoms. The number of nitrogens with zero attached hydrogens (tertiary/aromatic N) is 2. The molecule has 0 saturated carbocycles. The monoisotopic (exact) mass is 266 g/mol. The number of aryl methyl sites for hydroxylation is 1. The fourth-order valence-electron chi connectivity index (χ4n) is 2.37. The molecule has 2 unspecified atom stereocenters. The molecule has 1 fully saturated rings. The molecule has 0 bridgehead atoms. The van der Waals surface area contributed by atoms with Crippen molar-refractivity contribution in [3.63, 3.8) is 0 Å². The summed E-state index contributed by atoms with van der Waals surface area (Å²) in [6.45, 7) is 4.05. The van der Waals surface area contributed by atoms with Gasteiger partial charge in [0.2, 0.25) is 0 Å². The predicted octanol–water partition coefficient (Wildman–Crippen LogP) is 1.86. The summed E-state index contributed by atoms with van der Waals surface area (Å²) in [6.07, 6.45) is -0.0521. The number of furan rings is 1. The Hall–Kier alpha value is -1.98. The van der Waals surface area contributed by atoms with E-state index in [-0.39, 0.29) is 24.5 Å². The van der Waals surface area contributed by atoms with E-state index < -0.39 is 5.97 Å². The molecule has 1 aliphatic heterocycles. The second kappa shape index (κ2) is 4.95. The number of carbonyl (C=O) groups is 2. The van der Waals surface area contributed by atoms with Crippen molar-refractivity contribution in [3.8, 4) is 0 Å². The molecule has 1 saturated heterocycles. The van der Waals surface area contributed by atoms with Gasteiger partial charge in [-0.1, -0.05) is 0 Å². The van der Waals surface area contributed by atoms with Gasteiger partial charge in [0.25, 0.3) is 0 Å². The van der Waals surface area contributed by atoms with Gasteiger partial charge >= 0.3 is 12.0 Å². The molecule has 19 heavy (non-hydrogen) atoms. The maximum Gasteiger partial charge on any atom is 0.320 e. The molecule has 2 rings (SSSR count). The zero-order chi connectivity index (χ0) is 14.2. The van der Waals surface area contributed by atoms with Gasteiger partial charge in [0.05, 0.1) is 13.0 Å². The van der Waals surface area contributed by atoms with Crippen LogP contribution in [0.15, 0.2) is 16.5 Å². The Morgan fingerprint density at radius 3 is 2.79 bits per heavy atom. The van der Waals surface area contributed by atoms with Crippen LogP contribution in [0.5, 0.6) is 0 Å². The molecule has 104 valence electrons. The lowest BCUT2D eigenvalue weighted by molar-refractivity contribution is -0.137. The molecule has 1 aromatic heterocycles. The van der Waals surface area contributed by atoms with Crippen molar-refractivity contribution in [2.24, 2.45) is 0 Å². The molecule has 2 amide bonds. The van der Waals surface area contributed by atoms with Crippen molar-refractivity contribution in [2.45, 2.75) is 32.4 Å². The van der Waals surface area contributed by atoms with Crippen LogP contribution in [0.25, 0.3) is 0 Å². The minimum Gasteiger partial charge on any atom is -0.481 e. The SMILES string of the molecule is Cc1ccc(C2CN(C(C)CC(=O)O)C(=O)N2C)o1. The summed E-state index contributed by atoms with van der Waals surface area (Å²) < 4.78 is 5.56. The second-order valence-electron chi connectivity index (χ2n) is 4.96. The standard InChI is InChI=1S/C13H18N2O4/c1-8(6-12(16)17)15-7-10(14(3)13(15)18)11-5-4-9(2)19-11/h4-5,8,10H,6-7H2,1-3H3,(H,16,17). The third-order valence-electron chi connectivity index (χ3n) is 3.48. The van der Waals surface area contributed by atoms with Gasteiger partial charge in [-0.3, -0.25) is 4.79 Å². The quantitative estimate of drug-likeness (QED) is 0.902. The van der Waals surface area contributed by atoms with Crippen LogP contribution < -0.4 is 0 Å². The van der Waals surface area contributed by atoms with Gasteiger partial charge in [0.1, 0.15) is 17.6 Å². The Kier molecular flexibility index (Phi) is 3.50. The Morgan fingerprint density at radius 2 is 2.26 bits per heavy atom. The number of carbonyl (C=O) groups excluding carboxylic acids is 1. The first-order valence-electron chi connectivity index (χ1n) is 6.21. The summed E-state index contributed by atoms with van der Waals surface area (Å²) in [6, 6.07) is 3.07. The van der Waals surface area contributed by atoms with E-state index in [9.17, 15) is 9.59 Å². The number of hydrogen-bond acceptors (Lipinski definition) is 3. The van der Waals surface area contributed by atoms with E-state index in [4.69, 9.17) is 9.52 Å². The molecule has 1 aliphatic rings. The lowest BCUT2D eigenvalue weighted by atomic mass is 10.2. The fraction of sp³-hybridized carbons (Fsp3) is 0.538. The number of likely N-dealkylation sites (N-methyl/N-ethyl adjacent to an activating group) is 1. The van der Waals surface area contributed by atoms with Crippen LogP contribution >= 0.6 is 0 Å². The Labute approximate surface area is 111 Å². The maximum atomic E-state index is 12.1. The lowest BCUT2D eigenvalue weighted by Crippen LogP contribution is -2.37. The van der Waals surface area contributed by atoms with Crippen molar-refractivity contribution in [1.29, 1.82) is 0 Å². The highest BCUT2D eigenvalue weighted by atomic mass is 16.4. The van der Waals surface area contributed by atoms with Gasteiger partial charge in [-0.05, 0) is 26.0 Å². The maximum absolute atomic E-state index is 12.1. The van der Waals surface area contributed by atoms with E-state index in [0.29, 0.717) is 6.54 Å². The van der Waals surface area contributed by atoms with Gasteiger partial charge < -0.3 is 19.3 Å². The number of rotatable bonds is 4. The number of carboxylic acid groups (broad SMARTS) is 1. The first-order chi connectivity index (χ1) is 8.90. The van der Waals surface area contributed by atoms with Gasteiger partial charge in [-0.25, -0.2) is 4.79 Å². The summed E-state index contributed by atoms with van der Waals surface area (Å²) in [5.74, 6) is 0.631. The smallest absolute Gasteiger partial charge is 0.320 e. The molecule has 2 atom stereocenters. The molecule has 1 N–H and O–H groups in total. The predicted molar refractivity (Wildman–Crippen MR) is 67.8 cm³/mol. The molecular formula is C13H18N2O4. The van der Waals surface area contributed by atoms with Crippen molar-refractivity contribution in [2.75, 3.05) is 13.6 Å². The molecule has 1 aromatic rings. The van der Waals surface area contributed by atoms with E-state index >= 15 is 0 Å². The highest BCUT2D eigenvalue weighted by Gasteiger charge is 2.39. The summed E-state index contributed by atoms with van der Waals surface area (Å²) in [4.78, 5) is 26.0. The van der Waals surface area contributed by atoms with E-state index in [1.165, 1.54) is 0 Å². The van der Waals surface area contributed by atoms with Gasteiger partial charge in [-0.2, -0.15) is 0 Å². The van der Waals surface area contributed by atoms with E-state index in [0.717, 1.165) is 11.5 Å². The van der Waals surface area contributed by atoms with Crippen LogP contribution in [0.2, 0.25) is 0 Å². The first-order valence-corrected chi connectivity index (χ1v) is 6.21. The summed E-state index contributed by atoms with van der Waals surface area (Å²) in [5.41, 5.74) is 0. The number of carboxylic acids is 1. The normalized spacial score (nSPS) is 21.0. The lowest BCUT2D eigenvalue weighted by Gasteiger charge is -2.22. The first kappa shape index (κ1) is 13.5. The number of aliphatic carboxylic acids is 1. The van der Waals surface area contributed by atoms with E-state index in [2.05, 4.69) is 0 Å². The average Bonchev–Trinajstić information content (AvgIpc) is 2.85. The summed E-state index contributed by atoms with van der Waals surface area (Å²) in [7, 11) is 1.71. The molecule has 0 radical (unpaired) electrons. The molecule has 0 aliphatic carbocycles. The van der Waals surface area contributed by atoms with Crippen LogP contribution in [0.3, 0.4) is 0 Å². The molecule has 2 heterocycles. The Morgan fingerprint density at radius 1 is 1.58 bits per heavy atom. The zero-order valence-electron chi connectivity index (χ0n) is 11.3. The zero-order valence-corrected chi connectivity index (χ0v) is 11.3. The fourth-order valence-corrected chi connectivity index (χ4v) is 2.37. The third kappa shape index (κ3) is 2.57. The minimum absolute atomic E-state index is 0.0521. The van der Waals surface area contributed by atoms with Crippen molar-refractivity contribution >= 4 is 12.0 Å². The third-order valence-corrected chi connectivity index (χ3v) is 3.48. The van der Waals surface area contributed by atoms with Crippen LogP contribution in [0, 0.1) is 6.92 Å². The minimum atomic E-state index is -0.903. The van der Waals surface area contributed by atoms with Crippen molar-refractivity contribution in [3.05, 3.63) is 23.7 Å². The Bertz CT molecular complexity index is 497. The van der Waals surface area contributed by atoms with Gasteiger partial charge in [0.15, 0.2) is 0 Å². The van der Waals surface area contributed by atoms with E-state index in [1.54, 1.807) is 23.8 Å². The molecule has 6 nitrogen and oxygen atoms in total. The average molecular weight is 266 g/mol. The number of hydrogen-bond donors (Lipinski definition) is 1. The molecular weight excluding hydrogens is 248 g/mol. The highest BCUT2D eigenvalue weighted by molar-refractivity contribution is 5.78. The molecule has 0 aromatic carbocycles. The largest absolute Gasteiger partial charge is 0.481 e. The summed E-state index contributed by atoms with van der Waals surface area (Å²) in [5, 5.41) is 8.81. The molecule has 0 spiro atoms. The second-order valence-corrected chi connectivity index (χ2v) is 4.96. The number of amides is 2. The van der Waals surface area contributed by atoms with Crippen LogP contribution in [0.4, 0.5) is 4.79 Å². The number of urea groups is 1. The van der Waals surface area contributed by atoms with E-state index in [1.807, 2.05) is 19.1 Å². The Balaban J connectivity index is 2.14.